The topological polar surface area (TPSA) is 15.7 Å². The molecule has 0 spiro atoms. The molecule has 0 bridgehead atoms. The molecule has 0 radical (unpaired) electrons. The van der Waals surface area contributed by atoms with Crippen LogP contribution in [-0.4, -0.2) is 66.9 Å². The number of rotatable bonds is 15. The van der Waals surface area contributed by atoms with Gasteiger partial charge in [-0.15, -0.1) is 0 Å². The van der Waals surface area contributed by atoms with Gasteiger partial charge in [0.05, 0.1) is 0 Å². The highest BCUT2D eigenvalue weighted by molar-refractivity contribution is 6.27. The van der Waals surface area contributed by atoms with Crippen LogP contribution in [-0.2, 0) is 4.43 Å². The zero-order chi connectivity index (χ0) is 17.7. The van der Waals surface area contributed by atoms with Crippen LogP contribution >= 0.6 is 0 Å². The SMILES string of the molecule is CCCCCCCC(C)O[SiH2]CC(CC)(CN(C)C)CN(C)C. The summed E-state index contributed by atoms with van der Waals surface area (Å²) < 4.78 is 6.27. The van der Waals surface area contributed by atoms with Crippen LogP contribution in [0, 0.1) is 5.41 Å². The second-order valence-electron chi connectivity index (χ2n) is 7.96. The standard InChI is InChI=1S/C19H44N2OSi/c1-8-10-11-12-13-14-18(3)22-23-17-19(9-2,15-20(4)5)16-21(6)7/h18H,8-17,23H2,1-7H3. The highest BCUT2D eigenvalue weighted by atomic mass is 28.2. The van der Waals surface area contributed by atoms with Gasteiger partial charge in [-0.2, -0.15) is 0 Å². The molecular formula is C19H44N2OSi. The average molecular weight is 345 g/mol. The van der Waals surface area contributed by atoms with Crippen molar-refractivity contribution in [3.05, 3.63) is 0 Å². The Bertz CT molecular complexity index is 262. The Morgan fingerprint density at radius 2 is 1.48 bits per heavy atom. The van der Waals surface area contributed by atoms with E-state index in [-0.39, 0.29) is 0 Å². The first-order valence-electron chi connectivity index (χ1n) is 9.76. The third kappa shape index (κ3) is 12.2. The van der Waals surface area contributed by atoms with Gasteiger partial charge in [-0.25, -0.2) is 0 Å². The number of hydrogen-bond acceptors (Lipinski definition) is 3. The van der Waals surface area contributed by atoms with Crippen molar-refractivity contribution in [1.82, 2.24) is 9.80 Å². The summed E-state index contributed by atoms with van der Waals surface area (Å²) in [5.41, 5.74) is 0.403. The second kappa shape index (κ2) is 13.4. The molecule has 0 aromatic heterocycles. The van der Waals surface area contributed by atoms with E-state index in [2.05, 4.69) is 58.8 Å². The quantitative estimate of drug-likeness (QED) is 0.332. The van der Waals surface area contributed by atoms with E-state index in [1.807, 2.05) is 0 Å². The van der Waals surface area contributed by atoms with Crippen LogP contribution < -0.4 is 0 Å². The minimum atomic E-state index is -0.434. The highest BCUT2D eigenvalue weighted by Gasteiger charge is 2.29. The molecule has 0 aliphatic carbocycles. The van der Waals surface area contributed by atoms with E-state index in [0.29, 0.717) is 11.5 Å². The predicted octanol–water partition coefficient (Wildman–Crippen LogP) is 3.77. The smallest absolute Gasteiger partial charge is 0.162 e. The lowest BCUT2D eigenvalue weighted by Crippen LogP contribution is -2.42. The Morgan fingerprint density at radius 3 is 1.96 bits per heavy atom. The van der Waals surface area contributed by atoms with E-state index in [4.69, 9.17) is 4.43 Å². The van der Waals surface area contributed by atoms with Gasteiger partial charge in [0.25, 0.3) is 0 Å². The maximum atomic E-state index is 6.27. The summed E-state index contributed by atoms with van der Waals surface area (Å²) >= 11 is 0. The molecule has 3 nitrogen and oxygen atoms in total. The molecule has 23 heavy (non-hydrogen) atoms. The largest absolute Gasteiger partial charge is 0.421 e. The molecule has 0 fully saturated rings. The molecule has 0 aliphatic heterocycles. The van der Waals surface area contributed by atoms with Gasteiger partial charge in [0.1, 0.15) is 0 Å². The minimum Gasteiger partial charge on any atom is -0.421 e. The lowest BCUT2D eigenvalue weighted by atomic mass is 9.86. The van der Waals surface area contributed by atoms with E-state index >= 15 is 0 Å². The van der Waals surface area contributed by atoms with Gasteiger partial charge < -0.3 is 14.2 Å². The Morgan fingerprint density at radius 1 is 0.913 bits per heavy atom. The van der Waals surface area contributed by atoms with Gasteiger partial charge in [-0.1, -0.05) is 46.0 Å². The molecule has 4 heteroatoms. The first kappa shape index (κ1) is 23.1. The van der Waals surface area contributed by atoms with Crippen molar-refractivity contribution in [2.24, 2.45) is 5.41 Å². The summed E-state index contributed by atoms with van der Waals surface area (Å²) in [4.78, 5) is 4.69. The fourth-order valence-electron chi connectivity index (χ4n) is 3.55. The minimum absolute atomic E-state index is 0.403. The van der Waals surface area contributed by atoms with Crippen molar-refractivity contribution in [1.29, 1.82) is 0 Å². The van der Waals surface area contributed by atoms with Crippen molar-refractivity contribution >= 4 is 9.76 Å². The van der Waals surface area contributed by atoms with Gasteiger partial charge in [0.15, 0.2) is 9.76 Å². The van der Waals surface area contributed by atoms with Crippen molar-refractivity contribution in [3.63, 3.8) is 0 Å². The molecule has 0 aromatic rings. The first-order valence-corrected chi connectivity index (χ1v) is 11.3. The molecule has 0 rings (SSSR count). The summed E-state index contributed by atoms with van der Waals surface area (Å²) in [6, 6.07) is 1.29. The molecule has 1 atom stereocenters. The van der Waals surface area contributed by atoms with E-state index in [9.17, 15) is 0 Å². The second-order valence-corrected chi connectivity index (χ2v) is 9.20. The molecular weight excluding hydrogens is 300 g/mol. The number of nitrogens with zero attached hydrogens (tertiary/aromatic N) is 2. The summed E-state index contributed by atoms with van der Waals surface area (Å²) in [6.07, 6.45) is 9.78. The molecule has 140 valence electrons. The van der Waals surface area contributed by atoms with Gasteiger partial charge in [0, 0.05) is 19.2 Å². The van der Waals surface area contributed by atoms with Crippen LogP contribution in [0.3, 0.4) is 0 Å². The Labute approximate surface area is 149 Å². The molecule has 1 unspecified atom stereocenters. The van der Waals surface area contributed by atoms with Crippen LogP contribution in [0.1, 0.15) is 65.7 Å². The van der Waals surface area contributed by atoms with E-state index in [1.165, 1.54) is 64.1 Å². The van der Waals surface area contributed by atoms with Crippen LogP contribution in [0.5, 0.6) is 0 Å². The molecule has 0 amide bonds. The predicted molar refractivity (Wildman–Crippen MR) is 107 cm³/mol. The van der Waals surface area contributed by atoms with Crippen LogP contribution in [0.4, 0.5) is 0 Å². The van der Waals surface area contributed by atoms with E-state index < -0.39 is 9.76 Å². The first-order chi connectivity index (χ1) is 10.8. The van der Waals surface area contributed by atoms with Gasteiger partial charge in [0.2, 0.25) is 0 Å². The lowest BCUT2D eigenvalue weighted by molar-refractivity contribution is 0.146. The summed E-state index contributed by atoms with van der Waals surface area (Å²) in [7, 11) is 8.35. The molecule has 0 aliphatic rings. The van der Waals surface area contributed by atoms with E-state index in [1.54, 1.807) is 0 Å². The monoisotopic (exact) mass is 344 g/mol. The fourth-order valence-corrected chi connectivity index (χ4v) is 5.34. The van der Waals surface area contributed by atoms with Crippen LogP contribution in [0.15, 0.2) is 0 Å². The van der Waals surface area contributed by atoms with Crippen molar-refractivity contribution in [2.45, 2.75) is 77.9 Å². The van der Waals surface area contributed by atoms with Gasteiger partial charge in [-0.3, -0.25) is 0 Å². The zero-order valence-corrected chi connectivity index (χ0v) is 18.6. The third-order valence-corrected chi connectivity index (χ3v) is 6.87. The maximum Gasteiger partial charge on any atom is 0.162 e. The van der Waals surface area contributed by atoms with Crippen molar-refractivity contribution in [3.8, 4) is 0 Å². The van der Waals surface area contributed by atoms with Gasteiger partial charge in [-0.05, 0) is 59.4 Å². The molecule has 0 N–H and O–H groups in total. The molecule has 0 heterocycles. The Balaban J connectivity index is 4.14. The van der Waals surface area contributed by atoms with Crippen molar-refractivity contribution < 1.29 is 4.43 Å². The van der Waals surface area contributed by atoms with Crippen molar-refractivity contribution in [2.75, 3.05) is 41.3 Å². The van der Waals surface area contributed by atoms with Crippen LogP contribution in [0.2, 0.25) is 6.04 Å². The Kier molecular flexibility index (Phi) is 13.5. The highest BCUT2D eigenvalue weighted by Crippen LogP contribution is 2.29. The molecule has 0 saturated carbocycles. The maximum absolute atomic E-state index is 6.27. The summed E-state index contributed by atoms with van der Waals surface area (Å²) in [5.74, 6) is 0. The number of unbranched alkanes of at least 4 members (excludes halogenated alkanes) is 4. The molecule has 0 saturated heterocycles. The summed E-state index contributed by atoms with van der Waals surface area (Å²) in [6.45, 7) is 9.24. The molecule has 0 aromatic carbocycles. The Hall–Kier alpha value is 0.0969. The number of hydrogen-bond donors (Lipinski definition) is 0. The van der Waals surface area contributed by atoms with E-state index in [0.717, 1.165) is 0 Å². The van der Waals surface area contributed by atoms with Gasteiger partial charge >= 0.3 is 0 Å². The van der Waals surface area contributed by atoms with Crippen LogP contribution in [0.25, 0.3) is 0 Å². The summed E-state index contributed by atoms with van der Waals surface area (Å²) in [5, 5.41) is 0. The normalized spacial score (nSPS) is 14.5. The fraction of sp³-hybridized carbons (Fsp3) is 1.00. The third-order valence-electron chi connectivity index (χ3n) is 4.80. The average Bonchev–Trinajstić information content (AvgIpc) is 2.45. The zero-order valence-electron chi connectivity index (χ0n) is 17.2. The lowest BCUT2D eigenvalue weighted by Gasteiger charge is -2.38.